The molecule has 1 N–H and O–H groups in total. The van der Waals surface area contributed by atoms with Gasteiger partial charge in [-0.15, -0.1) is 0 Å². The number of carbonyl (C=O) groups is 1. The fourth-order valence-corrected chi connectivity index (χ4v) is 3.76. The van der Waals surface area contributed by atoms with Gasteiger partial charge in [0.1, 0.15) is 0 Å². The Balaban J connectivity index is 1.75. The Bertz CT molecular complexity index is 1230. The number of hydrogen-bond donors (Lipinski definition) is 1. The first-order chi connectivity index (χ1) is 14.7. The molecule has 4 rings (SSSR count). The molecule has 0 atom stereocenters. The molecule has 0 radical (unpaired) electrons. The van der Waals surface area contributed by atoms with E-state index in [-0.39, 0.29) is 11.3 Å². The monoisotopic (exact) mass is 414 g/mol. The van der Waals surface area contributed by atoms with Gasteiger partial charge in [-0.2, -0.15) is 0 Å². The quantitative estimate of drug-likeness (QED) is 0.513. The van der Waals surface area contributed by atoms with Crippen molar-refractivity contribution in [2.45, 2.75) is 26.2 Å². The summed E-state index contributed by atoms with van der Waals surface area (Å²) in [4.78, 5) is 19.6. The summed E-state index contributed by atoms with van der Waals surface area (Å²) in [6.45, 7) is 8.06. The highest BCUT2D eigenvalue weighted by atomic mass is 16.1. The van der Waals surface area contributed by atoms with Gasteiger partial charge in [-0.3, -0.25) is 4.79 Å². The Morgan fingerprint density at radius 2 is 1.77 bits per heavy atom. The topological polar surface area (TPSA) is 49.6 Å². The van der Waals surface area contributed by atoms with Crippen molar-refractivity contribution in [3.8, 4) is 11.3 Å². The number of aromatic nitrogens is 2. The van der Waals surface area contributed by atoms with Crippen molar-refractivity contribution in [1.82, 2.24) is 19.6 Å². The average molecular weight is 415 g/mol. The third-order valence-electron chi connectivity index (χ3n) is 5.59. The molecule has 160 valence electrons. The molecule has 0 aliphatic carbocycles. The molecular weight excluding hydrogens is 384 g/mol. The number of likely N-dealkylation sites (N-methyl/N-ethyl adjacent to an activating group) is 1. The third kappa shape index (κ3) is 4.32. The van der Waals surface area contributed by atoms with Crippen LogP contribution in [-0.2, 0) is 5.41 Å². The zero-order valence-electron chi connectivity index (χ0n) is 18.9. The first kappa shape index (κ1) is 21.1. The maximum atomic E-state index is 12.6. The summed E-state index contributed by atoms with van der Waals surface area (Å²) in [7, 11) is 3.98. The molecule has 0 aliphatic rings. The molecule has 2 heterocycles. The van der Waals surface area contributed by atoms with Gasteiger partial charge >= 0.3 is 0 Å². The van der Waals surface area contributed by atoms with Crippen molar-refractivity contribution in [2.75, 3.05) is 27.2 Å². The Kier molecular flexibility index (Phi) is 5.54. The lowest BCUT2D eigenvalue weighted by Crippen LogP contribution is -2.31. The Morgan fingerprint density at radius 1 is 1.03 bits per heavy atom. The van der Waals surface area contributed by atoms with Crippen LogP contribution >= 0.6 is 0 Å². The number of hydrogen-bond acceptors (Lipinski definition) is 3. The van der Waals surface area contributed by atoms with E-state index >= 15 is 0 Å². The van der Waals surface area contributed by atoms with Gasteiger partial charge in [-0.1, -0.05) is 45.0 Å². The van der Waals surface area contributed by atoms with Gasteiger partial charge in [0.2, 0.25) is 0 Å². The van der Waals surface area contributed by atoms with Crippen LogP contribution in [0.25, 0.3) is 27.8 Å². The predicted octanol–water partition coefficient (Wildman–Crippen LogP) is 4.74. The van der Waals surface area contributed by atoms with Crippen LogP contribution in [0.3, 0.4) is 0 Å². The highest BCUT2D eigenvalue weighted by Crippen LogP contribution is 2.30. The maximum absolute atomic E-state index is 12.6. The van der Waals surface area contributed by atoms with Crippen LogP contribution in [0.1, 0.15) is 36.7 Å². The molecule has 4 aromatic rings. The number of benzene rings is 2. The van der Waals surface area contributed by atoms with E-state index in [1.54, 1.807) is 0 Å². The largest absolute Gasteiger partial charge is 0.351 e. The third-order valence-corrected chi connectivity index (χ3v) is 5.59. The van der Waals surface area contributed by atoms with E-state index in [4.69, 9.17) is 4.98 Å². The molecule has 0 unspecified atom stereocenters. The lowest BCUT2D eigenvalue weighted by atomic mass is 9.86. The van der Waals surface area contributed by atoms with Crippen molar-refractivity contribution < 1.29 is 4.79 Å². The van der Waals surface area contributed by atoms with Crippen LogP contribution < -0.4 is 5.32 Å². The molecular formula is C26H30N4O. The first-order valence-electron chi connectivity index (χ1n) is 10.7. The van der Waals surface area contributed by atoms with Crippen molar-refractivity contribution >= 4 is 22.5 Å². The van der Waals surface area contributed by atoms with E-state index in [1.165, 1.54) is 5.56 Å². The normalized spacial score (nSPS) is 12.1. The average Bonchev–Trinajstić information content (AvgIpc) is 3.22. The zero-order chi connectivity index (χ0) is 22.2. The molecule has 5 heteroatoms. The van der Waals surface area contributed by atoms with Crippen molar-refractivity contribution in [3.63, 3.8) is 0 Å². The standard InChI is InChI=1S/C26H30N4O/c1-26(2,3)20-11-8-18(9-12-20)24-23-7-6-15-30(23)22-13-10-19(17-21(22)28-24)25(31)27-14-16-29(4)5/h6-13,15,17H,14,16H2,1-5H3,(H,27,31). The Hall–Kier alpha value is -3.18. The summed E-state index contributed by atoms with van der Waals surface area (Å²) in [6.07, 6.45) is 2.04. The van der Waals surface area contributed by atoms with E-state index in [0.717, 1.165) is 34.4 Å². The number of nitrogens with one attached hydrogen (secondary N) is 1. The van der Waals surface area contributed by atoms with E-state index in [0.29, 0.717) is 12.1 Å². The van der Waals surface area contributed by atoms with Crippen molar-refractivity contribution in [3.05, 3.63) is 71.9 Å². The van der Waals surface area contributed by atoms with Crippen LogP contribution in [0, 0.1) is 0 Å². The van der Waals surface area contributed by atoms with Gasteiger partial charge < -0.3 is 14.6 Å². The van der Waals surface area contributed by atoms with E-state index in [1.807, 2.05) is 49.5 Å². The van der Waals surface area contributed by atoms with Crippen LogP contribution in [0.5, 0.6) is 0 Å². The molecule has 5 nitrogen and oxygen atoms in total. The SMILES string of the molecule is CN(C)CCNC(=O)c1ccc2c(c1)nc(-c1ccc(C(C)(C)C)cc1)c1cccn12. The van der Waals surface area contributed by atoms with Gasteiger partial charge in [0.05, 0.1) is 22.2 Å². The van der Waals surface area contributed by atoms with Gasteiger partial charge in [-0.05, 0) is 55.4 Å². The maximum Gasteiger partial charge on any atom is 0.251 e. The molecule has 2 aromatic carbocycles. The summed E-state index contributed by atoms with van der Waals surface area (Å²) < 4.78 is 2.14. The lowest BCUT2D eigenvalue weighted by molar-refractivity contribution is 0.0951. The number of rotatable bonds is 5. The Morgan fingerprint density at radius 3 is 2.45 bits per heavy atom. The molecule has 0 saturated carbocycles. The van der Waals surface area contributed by atoms with E-state index < -0.39 is 0 Å². The number of amides is 1. The molecule has 0 aliphatic heterocycles. The summed E-state index contributed by atoms with van der Waals surface area (Å²) in [5.74, 6) is -0.0748. The number of nitrogens with zero attached hydrogens (tertiary/aromatic N) is 3. The highest BCUT2D eigenvalue weighted by molar-refractivity contribution is 5.98. The second-order valence-corrected chi connectivity index (χ2v) is 9.31. The van der Waals surface area contributed by atoms with Crippen molar-refractivity contribution in [1.29, 1.82) is 0 Å². The minimum atomic E-state index is -0.0748. The van der Waals surface area contributed by atoms with Crippen LogP contribution in [0.2, 0.25) is 0 Å². The van der Waals surface area contributed by atoms with Crippen LogP contribution in [-0.4, -0.2) is 47.4 Å². The molecule has 0 saturated heterocycles. The molecule has 0 spiro atoms. The lowest BCUT2D eigenvalue weighted by Gasteiger charge is -2.19. The fourth-order valence-electron chi connectivity index (χ4n) is 3.76. The molecule has 1 amide bonds. The van der Waals surface area contributed by atoms with Gasteiger partial charge in [0, 0.05) is 30.4 Å². The minimum absolute atomic E-state index is 0.0748. The van der Waals surface area contributed by atoms with E-state index in [9.17, 15) is 4.79 Å². The van der Waals surface area contributed by atoms with Gasteiger partial charge in [0.25, 0.3) is 5.91 Å². The second-order valence-electron chi connectivity index (χ2n) is 9.31. The summed E-state index contributed by atoms with van der Waals surface area (Å²) in [5.41, 5.74) is 6.86. The van der Waals surface area contributed by atoms with Crippen LogP contribution in [0.15, 0.2) is 60.8 Å². The predicted molar refractivity (Wildman–Crippen MR) is 128 cm³/mol. The smallest absolute Gasteiger partial charge is 0.251 e. The van der Waals surface area contributed by atoms with Gasteiger partial charge in [0.15, 0.2) is 0 Å². The fraction of sp³-hybridized carbons (Fsp3) is 0.308. The molecule has 2 aromatic heterocycles. The van der Waals surface area contributed by atoms with E-state index in [2.05, 4.69) is 60.8 Å². The first-order valence-corrected chi connectivity index (χ1v) is 10.7. The zero-order valence-corrected chi connectivity index (χ0v) is 18.9. The summed E-state index contributed by atoms with van der Waals surface area (Å²) in [5, 5.41) is 2.98. The second kappa shape index (κ2) is 8.16. The highest BCUT2D eigenvalue weighted by Gasteiger charge is 2.16. The van der Waals surface area contributed by atoms with Crippen molar-refractivity contribution in [2.24, 2.45) is 0 Å². The molecule has 31 heavy (non-hydrogen) atoms. The minimum Gasteiger partial charge on any atom is -0.351 e. The molecule has 0 bridgehead atoms. The number of carbonyl (C=O) groups excluding carboxylic acids is 1. The summed E-state index contributed by atoms with van der Waals surface area (Å²) >= 11 is 0. The molecule has 0 fully saturated rings. The van der Waals surface area contributed by atoms with Gasteiger partial charge in [-0.25, -0.2) is 4.98 Å². The Labute approximate surface area is 183 Å². The summed E-state index contributed by atoms with van der Waals surface area (Å²) in [6, 6.07) is 18.5. The van der Waals surface area contributed by atoms with Crippen LogP contribution in [0.4, 0.5) is 0 Å². The number of fused-ring (bicyclic) bond motifs is 3.